The van der Waals surface area contributed by atoms with Gasteiger partial charge in [0.05, 0.1) is 6.54 Å². The van der Waals surface area contributed by atoms with Crippen LogP contribution in [0.2, 0.25) is 0 Å². The van der Waals surface area contributed by atoms with Crippen molar-refractivity contribution in [2.75, 3.05) is 26.2 Å². The molecule has 4 rings (SSSR count). The number of rotatable bonds is 5. The Balaban J connectivity index is 1.35. The van der Waals surface area contributed by atoms with Gasteiger partial charge in [0.15, 0.2) is 12.1 Å². The number of oxazole rings is 1. The summed E-state index contributed by atoms with van der Waals surface area (Å²) >= 11 is 0. The quantitative estimate of drug-likeness (QED) is 0.825. The number of carbonyl (C=O) groups excluding carboxylic acids is 1. The molecule has 1 amide bonds. The summed E-state index contributed by atoms with van der Waals surface area (Å²) in [5, 5.41) is 0. The second kappa shape index (κ2) is 6.55. The maximum atomic E-state index is 12.9. The number of hydrogen-bond acceptors (Lipinski definition) is 5. The fraction of sp³-hybridized carbons (Fsp3) is 0.562. The van der Waals surface area contributed by atoms with Crippen LogP contribution in [0.15, 0.2) is 23.2 Å². The molecule has 0 radical (unpaired) electrons. The van der Waals surface area contributed by atoms with E-state index in [-0.39, 0.29) is 5.91 Å². The van der Waals surface area contributed by atoms with Crippen molar-refractivity contribution in [1.82, 2.24) is 24.3 Å². The van der Waals surface area contributed by atoms with E-state index in [0.29, 0.717) is 55.9 Å². The first-order valence-corrected chi connectivity index (χ1v) is 8.38. The zero-order valence-electron chi connectivity index (χ0n) is 13.6. The van der Waals surface area contributed by atoms with Gasteiger partial charge in [-0.1, -0.05) is 0 Å². The van der Waals surface area contributed by atoms with Gasteiger partial charge in [0.1, 0.15) is 11.6 Å². The highest BCUT2D eigenvalue weighted by molar-refractivity contribution is 5.93. The molecule has 2 fully saturated rings. The van der Waals surface area contributed by atoms with Crippen LogP contribution in [0.4, 0.5) is 8.78 Å². The fourth-order valence-electron chi connectivity index (χ4n) is 3.15. The normalized spacial score (nSPS) is 18.9. The molecule has 2 aromatic heterocycles. The number of hydrogen-bond donors (Lipinski definition) is 0. The first-order valence-electron chi connectivity index (χ1n) is 8.38. The zero-order valence-corrected chi connectivity index (χ0v) is 13.6. The topological polar surface area (TPSA) is 67.4 Å². The van der Waals surface area contributed by atoms with Crippen molar-refractivity contribution in [3.05, 3.63) is 36.1 Å². The van der Waals surface area contributed by atoms with Gasteiger partial charge in [-0.3, -0.25) is 14.3 Å². The molecule has 1 saturated heterocycles. The van der Waals surface area contributed by atoms with Crippen LogP contribution in [-0.4, -0.2) is 56.4 Å². The van der Waals surface area contributed by atoms with Crippen LogP contribution in [0.5, 0.6) is 0 Å². The van der Waals surface area contributed by atoms with Crippen LogP contribution in [0.25, 0.3) is 0 Å². The highest BCUT2D eigenvalue weighted by Gasteiger charge is 2.34. The molecule has 9 heteroatoms. The first-order chi connectivity index (χ1) is 12.1. The molecule has 134 valence electrons. The minimum Gasteiger partial charge on any atom is -0.447 e. The molecule has 7 nitrogen and oxygen atoms in total. The van der Waals surface area contributed by atoms with Crippen LogP contribution in [0.1, 0.15) is 47.4 Å². The Morgan fingerprint density at radius 1 is 1.24 bits per heavy atom. The lowest BCUT2D eigenvalue weighted by molar-refractivity contribution is 0.0551. The molecule has 0 N–H and O–H groups in total. The summed E-state index contributed by atoms with van der Waals surface area (Å²) in [6, 6.07) is 0. The minimum absolute atomic E-state index is 0.107. The number of alkyl halides is 2. The van der Waals surface area contributed by atoms with E-state index < -0.39 is 6.55 Å². The Kier molecular flexibility index (Phi) is 4.24. The number of aromatic nitrogens is 3. The van der Waals surface area contributed by atoms with Crippen molar-refractivity contribution in [2.45, 2.75) is 31.9 Å². The Morgan fingerprint density at radius 2 is 2.00 bits per heavy atom. The van der Waals surface area contributed by atoms with Gasteiger partial charge >= 0.3 is 6.55 Å². The summed E-state index contributed by atoms with van der Waals surface area (Å²) in [6.07, 6.45) is 6.08. The Bertz CT molecular complexity index is 747. The van der Waals surface area contributed by atoms with Gasteiger partial charge in [0.25, 0.3) is 5.91 Å². The highest BCUT2D eigenvalue weighted by atomic mass is 19.3. The van der Waals surface area contributed by atoms with E-state index in [1.165, 1.54) is 18.8 Å². The third-order valence-corrected chi connectivity index (χ3v) is 4.73. The van der Waals surface area contributed by atoms with Gasteiger partial charge < -0.3 is 9.32 Å². The molecule has 25 heavy (non-hydrogen) atoms. The van der Waals surface area contributed by atoms with Crippen molar-refractivity contribution in [2.24, 2.45) is 0 Å². The summed E-state index contributed by atoms with van der Waals surface area (Å²) < 4.78 is 32.0. The summed E-state index contributed by atoms with van der Waals surface area (Å²) in [7, 11) is 0. The van der Waals surface area contributed by atoms with Gasteiger partial charge in [-0.25, -0.2) is 9.97 Å². The minimum atomic E-state index is -2.59. The van der Waals surface area contributed by atoms with Gasteiger partial charge in [0.2, 0.25) is 0 Å². The number of nitrogens with zero attached hydrogens (tertiary/aromatic N) is 5. The summed E-state index contributed by atoms with van der Waals surface area (Å²) in [5.74, 6) is 1.26. The standard InChI is InChI=1S/C16H19F2N5O2/c17-16(18)23-4-3-19-12(23)9-21-5-7-22(8-6-21)15(24)13-14(11-1-2-11)25-10-20-13/h3-4,10-11,16H,1-2,5-9H2. The van der Waals surface area contributed by atoms with E-state index in [1.54, 1.807) is 4.90 Å². The zero-order chi connectivity index (χ0) is 17.4. The lowest BCUT2D eigenvalue weighted by Crippen LogP contribution is -2.48. The molecule has 2 aromatic rings. The highest BCUT2D eigenvalue weighted by Crippen LogP contribution is 2.41. The number of halogens is 2. The molecule has 2 aliphatic rings. The fourth-order valence-corrected chi connectivity index (χ4v) is 3.15. The van der Waals surface area contributed by atoms with E-state index in [9.17, 15) is 13.6 Å². The van der Waals surface area contributed by atoms with E-state index in [4.69, 9.17) is 4.42 Å². The molecular weight excluding hydrogens is 332 g/mol. The smallest absolute Gasteiger partial charge is 0.319 e. The SMILES string of the molecule is O=C(c1ncoc1C1CC1)N1CCN(Cc2nccn2C(F)F)CC1. The Hall–Kier alpha value is -2.29. The Morgan fingerprint density at radius 3 is 2.68 bits per heavy atom. The average molecular weight is 351 g/mol. The summed E-state index contributed by atoms with van der Waals surface area (Å²) in [5.41, 5.74) is 0.421. The maximum absolute atomic E-state index is 12.9. The van der Waals surface area contributed by atoms with E-state index >= 15 is 0 Å². The third-order valence-electron chi connectivity index (χ3n) is 4.73. The van der Waals surface area contributed by atoms with Gasteiger partial charge in [-0.2, -0.15) is 8.78 Å². The molecule has 1 saturated carbocycles. The molecule has 1 aliphatic carbocycles. The lowest BCUT2D eigenvalue weighted by atomic mass is 10.2. The largest absolute Gasteiger partial charge is 0.447 e. The molecule has 0 aromatic carbocycles. The van der Waals surface area contributed by atoms with Gasteiger partial charge in [-0.05, 0) is 12.8 Å². The molecule has 1 aliphatic heterocycles. The van der Waals surface area contributed by atoms with Gasteiger partial charge in [-0.15, -0.1) is 0 Å². The summed E-state index contributed by atoms with van der Waals surface area (Å²) in [6.45, 7) is 0.0394. The van der Waals surface area contributed by atoms with Crippen LogP contribution in [0.3, 0.4) is 0 Å². The second-order valence-corrected chi connectivity index (χ2v) is 6.44. The first kappa shape index (κ1) is 16.2. The van der Waals surface area contributed by atoms with Gasteiger partial charge in [0, 0.05) is 44.5 Å². The van der Waals surface area contributed by atoms with Crippen molar-refractivity contribution < 1.29 is 18.0 Å². The Labute approximate surface area is 143 Å². The van der Waals surface area contributed by atoms with Crippen LogP contribution >= 0.6 is 0 Å². The molecule has 0 atom stereocenters. The number of amides is 1. The number of imidazole rings is 1. The van der Waals surface area contributed by atoms with Crippen molar-refractivity contribution in [1.29, 1.82) is 0 Å². The summed E-state index contributed by atoms with van der Waals surface area (Å²) in [4.78, 5) is 24.5. The van der Waals surface area contributed by atoms with Crippen LogP contribution in [0, 0.1) is 0 Å². The van der Waals surface area contributed by atoms with E-state index in [1.807, 2.05) is 4.90 Å². The molecule has 0 spiro atoms. The van der Waals surface area contributed by atoms with Crippen molar-refractivity contribution >= 4 is 5.91 Å². The molecule has 3 heterocycles. The average Bonchev–Trinajstić information content (AvgIpc) is 3.15. The van der Waals surface area contributed by atoms with E-state index in [2.05, 4.69) is 9.97 Å². The van der Waals surface area contributed by atoms with E-state index in [0.717, 1.165) is 17.4 Å². The molecule has 0 bridgehead atoms. The second-order valence-electron chi connectivity index (χ2n) is 6.44. The van der Waals surface area contributed by atoms with Crippen molar-refractivity contribution in [3.63, 3.8) is 0 Å². The number of piperazine rings is 1. The molecular formula is C16H19F2N5O2. The van der Waals surface area contributed by atoms with Crippen LogP contribution < -0.4 is 0 Å². The van der Waals surface area contributed by atoms with Crippen LogP contribution in [-0.2, 0) is 6.54 Å². The molecule has 0 unspecified atom stereocenters. The lowest BCUT2D eigenvalue weighted by Gasteiger charge is -2.34. The maximum Gasteiger partial charge on any atom is 0.319 e. The van der Waals surface area contributed by atoms with Crippen molar-refractivity contribution in [3.8, 4) is 0 Å². The third kappa shape index (κ3) is 3.28. The predicted octanol–water partition coefficient (Wildman–Crippen LogP) is 2.10. The predicted molar refractivity (Wildman–Crippen MR) is 83.1 cm³/mol. The number of carbonyl (C=O) groups is 1. The monoisotopic (exact) mass is 351 g/mol.